The monoisotopic (exact) mass is 1210 g/mol. The fraction of sp³-hybridized carbons (Fsp3) is 0.250. The summed E-state index contributed by atoms with van der Waals surface area (Å²) in [7, 11) is 0. The Balaban J connectivity index is 0.000000514. The molecule has 0 fully saturated rings. The van der Waals surface area contributed by atoms with Crippen LogP contribution in [0.5, 0.6) is 0 Å². The number of fused-ring (bicyclic) bond motifs is 7. The third-order valence-electron chi connectivity index (χ3n) is 13.1. The number of nitrogens with zero attached hydrogens (tertiary/aromatic N) is 7. The summed E-state index contributed by atoms with van der Waals surface area (Å²) in [6, 6.07) is 65.9. The van der Waals surface area contributed by atoms with Crippen molar-refractivity contribution in [3.05, 3.63) is 295 Å². The molecule has 14 rings (SSSR count). The summed E-state index contributed by atoms with van der Waals surface area (Å²) >= 11 is 0. The number of hydrogen-bond acceptors (Lipinski definition) is 7. The molecule has 476 valence electrons. The van der Waals surface area contributed by atoms with Gasteiger partial charge in [-0.2, -0.15) is 0 Å². The maximum Gasteiger partial charge on any atom is 0.0731 e. The lowest BCUT2D eigenvalue weighted by Gasteiger charge is -1.98. The number of hydrogen-bond donors (Lipinski definition) is 0. The van der Waals surface area contributed by atoms with E-state index < -0.39 is 0 Å². The molecule has 0 aliphatic heterocycles. The summed E-state index contributed by atoms with van der Waals surface area (Å²) < 4.78 is 0. The molecular formula is C84H105N7. The fourth-order valence-electron chi connectivity index (χ4n) is 8.84. The highest BCUT2D eigenvalue weighted by molar-refractivity contribution is 5.87. The fourth-order valence-corrected chi connectivity index (χ4v) is 8.84. The van der Waals surface area contributed by atoms with Crippen molar-refractivity contribution < 1.29 is 0 Å². The number of para-hydroxylation sites is 2. The van der Waals surface area contributed by atoms with Crippen molar-refractivity contribution in [3.8, 4) is 0 Å². The Morgan fingerprint density at radius 3 is 1.18 bits per heavy atom. The van der Waals surface area contributed by atoms with Gasteiger partial charge in [-0.3, -0.25) is 34.9 Å². The molecule has 7 aromatic heterocycles. The van der Waals surface area contributed by atoms with E-state index in [1.54, 1.807) is 0 Å². The zero-order valence-electron chi connectivity index (χ0n) is 58.9. The lowest BCUT2D eigenvalue weighted by molar-refractivity contribution is 1.24. The summed E-state index contributed by atoms with van der Waals surface area (Å²) in [5.41, 5.74) is 12.0. The van der Waals surface area contributed by atoms with E-state index >= 15 is 0 Å². The SMILES string of the molecule is CC.CC.CC.CC.CC.CC.CC.Cc1cccc2cccnc12.Cc1cccc2ccncc12.Cc1cccc2cnccc12.Cc1cccc2ncccc12.Cc1ccnc2ccccc12.Cc1cncc2ccccc12.Cc1nccc2ccccc12. The second-order valence-electron chi connectivity index (χ2n) is 18.6. The van der Waals surface area contributed by atoms with Crippen LogP contribution in [0.1, 0.15) is 136 Å². The first-order valence-corrected chi connectivity index (χ1v) is 32.7. The molecular weight excluding hydrogens is 1110 g/mol. The molecule has 0 unspecified atom stereocenters. The number of aryl methyl sites for hydroxylation is 7. The highest BCUT2D eigenvalue weighted by Gasteiger charge is 1.99. The summed E-state index contributed by atoms with van der Waals surface area (Å²) in [5.74, 6) is 0. The Morgan fingerprint density at radius 1 is 0.198 bits per heavy atom. The average Bonchev–Trinajstić information content (AvgIpc) is 3.66. The quantitative estimate of drug-likeness (QED) is 0.149. The highest BCUT2D eigenvalue weighted by Crippen LogP contribution is 2.20. The first kappa shape index (κ1) is 79.4. The molecule has 0 saturated heterocycles. The van der Waals surface area contributed by atoms with Gasteiger partial charge in [0.2, 0.25) is 0 Å². The second kappa shape index (κ2) is 48.3. The van der Waals surface area contributed by atoms with Crippen LogP contribution in [0.4, 0.5) is 0 Å². The molecule has 0 aliphatic carbocycles. The van der Waals surface area contributed by atoms with Gasteiger partial charge in [-0.15, -0.1) is 0 Å². The van der Waals surface area contributed by atoms with E-state index in [0.717, 1.165) is 22.2 Å². The van der Waals surface area contributed by atoms with E-state index in [1.807, 2.05) is 251 Å². The summed E-state index contributed by atoms with van der Waals surface area (Å²) in [6.45, 7) is 42.6. The van der Waals surface area contributed by atoms with Crippen LogP contribution in [0, 0.1) is 48.5 Å². The molecule has 0 N–H and O–H groups in total. The highest BCUT2D eigenvalue weighted by atomic mass is 14.7. The largest absolute Gasteiger partial charge is 0.264 e. The van der Waals surface area contributed by atoms with Crippen LogP contribution >= 0.6 is 0 Å². The van der Waals surface area contributed by atoms with E-state index in [0.29, 0.717) is 0 Å². The van der Waals surface area contributed by atoms with Gasteiger partial charge in [0.15, 0.2) is 0 Å². The zero-order valence-corrected chi connectivity index (χ0v) is 58.9. The minimum absolute atomic E-state index is 1.08. The summed E-state index contributed by atoms with van der Waals surface area (Å²) in [4.78, 5) is 29.2. The van der Waals surface area contributed by atoms with E-state index in [9.17, 15) is 0 Å². The third kappa shape index (κ3) is 26.2. The van der Waals surface area contributed by atoms with E-state index in [2.05, 4.69) is 186 Å². The van der Waals surface area contributed by atoms with Gasteiger partial charge in [-0.1, -0.05) is 243 Å². The molecule has 0 amide bonds. The van der Waals surface area contributed by atoms with Gasteiger partial charge in [0.25, 0.3) is 0 Å². The first-order valence-electron chi connectivity index (χ1n) is 32.7. The Labute approximate surface area is 548 Å². The number of rotatable bonds is 0. The van der Waals surface area contributed by atoms with Crippen LogP contribution in [0.25, 0.3) is 75.8 Å². The van der Waals surface area contributed by atoms with Gasteiger partial charge in [0.05, 0.1) is 16.6 Å². The van der Waals surface area contributed by atoms with Gasteiger partial charge in [-0.05, 0) is 152 Å². The molecule has 7 nitrogen and oxygen atoms in total. The maximum absolute atomic E-state index is 4.28. The molecule has 7 heteroatoms. The second-order valence-corrected chi connectivity index (χ2v) is 18.6. The van der Waals surface area contributed by atoms with Crippen molar-refractivity contribution in [1.29, 1.82) is 0 Å². The molecule has 0 bridgehead atoms. The Kier molecular flexibility index (Phi) is 42.2. The first-order chi connectivity index (χ1) is 44.6. The number of benzene rings is 7. The van der Waals surface area contributed by atoms with Crippen molar-refractivity contribution in [3.63, 3.8) is 0 Å². The van der Waals surface area contributed by atoms with Crippen molar-refractivity contribution in [2.45, 2.75) is 145 Å². The van der Waals surface area contributed by atoms with Crippen LogP contribution in [0.15, 0.2) is 256 Å². The molecule has 0 atom stereocenters. The Morgan fingerprint density at radius 2 is 0.571 bits per heavy atom. The lowest BCUT2D eigenvalue weighted by Crippen LogP contribution is -1.80. The Bertz CT molecular complexity index is 3380. The minimum Gasteiger partial charge on any atom is -0.264 e. The van der Waals surface area contributed by atoms with Crippen molar-refractivity contribution in [2.24, 2.45) is 0 Å². The van der Waals surface area contributed by atoms with Crippen molar-refractivity contribution in [2.75, 3.05) is 0 Å². The Hall–Kier alpha value is -9.59. The number of aromatic nitrogens is 7. The normalized spacial score (nSPS) is 9.15. The molecule has 0 saturated carbocycles. The summed E-state index contributed by atoms with van der Waals surface area (Å²) in [5, 5.41) is 13.7. The van der Waals surface area contributed by atoms with Crippen LogP contribution in [-0.4, -0.2) is 34.9 Å². The van der Waals surface area contributed by atoms with Gasteiger partial charge in [-0.25, -0.2) is 0 Å². The van der Waals surface area contributed by atoms with Gasteiger partial charge >= 0.3 is 0 Å². The van der Waals surface area contributed by atoms with Gasteiger partial charge in [0, 0.05) is 105 Å². The van der Waals surface area contributed by atoms with E-state index in [4.69, 9.17) is 0 Å². The van der Waals surface area contributed by atoms with Crippen LogP contribution < -0.4 is 0 Å². The van der Waals surface area contributed by atoms with Gasteiger partial charge < -0.3 is 0 Å². The standard InChI is InChI=1S/7C10H9N.7C2H6/c1-8-4-2-6-10-9(8)5-3-7-11-10;1-8-4-2-5-9-6-3-7-11-10(8)9;1-8-3-2-4-9-7-11-6-5-10(8)9;1-8-3-2-4-9-5-6-11-7-10(8)9;1-8-6-11-7-9-4-2-3-5-10(8)9;1-8-10-5-3-2-4-9(10)6-7-11-8;1-8-6-7-11-10-5-3-2-4-9(8)10;7*1-2/h7*2-7H,1H3;7*1-2H3. The molecule has 14 aromatic rings. The van der Waals surface area contributed by atoms with Crippen molar-refractivity contribution >= 4 is 75.8 Å². The van der Waals surface area contributed by atoms with E-state index in [1.165, 1.54) is 92.6 Å². The smallest absolute Gasteiger partial charge is 0.0731 e. The molecule has 7 heterocycles. The molecule has 7 aromatic carbocycles. The topological polar surface area (TPSA) is 90.2 Å². The molecule has 0 aliphatic rings. The van der Waals surface area contributed by atoms with Gasteiger partial charge in [0.1, 0.15) is 0 Å². The van der Waals surface area contributed by atoms with Crippen LogP contribution in [0.3, 0.4) is 0 Å². The zero-order chi connectivity index (χ0) is 67.8. The third-order valence-corrected chi connectivity index (χ3v) is 13.1. The van der Waals surface area contributed by atoms with Crippen LogP contribution in [0.2, 0.25) is 0 Å². The van der Waals surface area contributed by atoms with Crippen LogP contribution in [-0.2, 0) is 0 Å². The minimum atomic E-state index is 1.08. The van der Waals surface area contributed by atoms with E-state index in [-0.39, 0.29) is 0 Å². The number of pyridine rings is 7. The summed E-state index contributed by atoms with van der Waals surface area (Å²) in [6.07, 6.45) is 18.6. The molecule has 0 spiro atoms. The predicted molar refractivity (Wildman–Crippen MR) is 405 cm³/mol. The van der Waals surface area contributed by atoms with Crippen molar-refractivity contribution in [1.82, 2.24) is 34.9 Å². The lowest BCUT2D eigenvalue weighted by atomic mass is 10.1. The molecule has 91 heavy (non-hydrogen) atoms. The predicted octanol–water partition coefficient (Wildman–Crippen LogP) is 25.0. The molecule has 0 radical (unpaired) electrons. The average molecular weight is 1210 g/mol. The maximum atomic E-state index is 4.28.